The monoisotopic (exact) mass is 240 g/mol. The molecule has 0 heterocycles. The minimum absolute atomic E-state index is 0.619. The van der Waals surface area contributed by atoms with Crippen molar-refractivity contribution in [2.45, 2.75) is 48.1 Å². The van der Waals surface area contributed by atoms with E-state index in [2.05, 4.69) is 24.3 Å². The Morgan fingerprint density at radius 1 is 1.07 bits per heavy atom. The molecule has 0 nitrogen and oxygen atoms in total. The molecule has 0 aromatic heterocycles. The summed E-state index contributed by atoms with van der Waals surface area (Å²) in [7, 11) is 0. The molecule has 0 saturated heterocycles. The van der Waals surface area contributed by atoms with Crippen molar-refractivity contribution in [3.05, 3.63) is 29.8 Å². The fourth-order valence-electron chi connectivity index (χ4n) is 2.03. The van der Waals surface area contributed by atoms with Crippen LogP contribution < -0.4 is 0 Å². The van der Waals surface area contributed by atoms with Gasteiger partial charge in [0.15, 0.2) is 0 Å². The van der Waals surface area contributed by atoms with Crippen LogP contribution in [0.15, 0.2) is 29.2 Å². The Morgan fingerprint density at radius 3 is 2.33 bits per heavy atom. The van der Waals surface area contributed by atoms with Crippen LogP contribution in [-0.2, 0) is 5.88 Å². The zero-order chi connectivity index (χ0) is 10.5. The lowest BCUT2D eigenvalue weighted by molar-refractivity contribution is 0.516. The molecule has 0 aliphatic heterocycles. The van der Waals surface area contributed by atoms with Gasteiger partial charge in [0.1, 0.15) is 0 Å². The Bertz CT molecular complexity index is 288. The van der Waals surface area contributed by atoms with E-state index in [9.17, 15) is 0 Å². The second-order valence-corrected chi connectivity index (χ2v) is 5.80. The third-order valence-corrected chi connectivity index (χ3v) is 4.59. The molecule has 15 heavy (non-hydrogen) atoms. The van der Waals surface area contributed by atoms with Crippen molar-refractivity contribution in [1.29, 1.82) is 0 Å². The van der Waals surface area contributed by atoms with Gasteiger partial charge in [0.2, 0.25) is 0 Å². The molecule has 1 aromatic rings. The molecule has 0 unspecified atom stereocenters. The van der Waals surface area contributed by atoms with Crippen LogP contribution in [0.5, 0.6) is 0 Å². The highest BCUT2D eigenvalue weighted by Crippen LogP contribution is 2.33. The number of hydrogen-bond acceptors (Lipinski definition) is 1. The molecule has 0 bridgehead atoms. The third-order valence-electron chi connectivity index (χ3n) is 2.93. The number of alkyl halides is 1. The topological polar surface area (TPSA) is 0 Å². The smallest absolute Gasteiger partial charge is 0.0474 e. The molecular formula is C13H17ClS. The van der Waals surface area contributed by atoms with E-state index in [1.165, 1.54) is 42.6 Å². The molecule has 0 atom stereocenters. The Hall–Kier alpha value is -0.140. The molecule has 1 aromatic carbocycles. The Balaban J connectivity index is 1.91. The molecule has 0 N–H and O–H groups in total. The van der Waals surface area contributed by atoms with E-state index in [-0.39, 0.29) is 0 Å². The molecule has 0 radical (unpaired) electrons. The quantitative estimate of drug-likeness (QED) is 0.681. The first kappa shape index (κ1) is 11.3. The van der Waals surface area contributed by atoms with Crippen LogP contribution in [0.3, 0.4) is 0 Å². The van der Waals surface area contributed by atoms with Gasteiger partial charge in [-0.3, -0.25) is 0 Å². The van der Waals surface area contributed by atoms with Crippen LogP contribution in [0.25, 0.3) is 0 Å². The summed E-state index contributed by atoms with van der Waals surface area (Å²) >= 11 is 7.80. The first-order valence-corrected chi connectivity index (χ1v) is 7.11. The lowest BCUT2D eigenvalue weighted by Crippen LogP contribution is -2.07. The van der Waals surface area contributed by atoms with Crippen molar-refractivity contribution >= 4 is 23.4 Å². The lowest BCUT2D eigenvalue weighted by atomic mass is 10.0. The molecular weight excluding hydrogens is 224 g/mol. The predicted octanol–water partition coefficient (Wildman–Crippen LogP) is 4.85. The zero-order valence-corrected chi connectivity index (χ0v) is 10.5. The zero-order valence-electron chi connectivity index (χ0n) is 8.92. The van der Waals surface area contributed by atoms with Gasteiger partial charge in [0, 0.05) is 16.0 Å². The maximum absolute atomic E-state index is 5.76. The fourth-order valence-corrected chi connectivity index (χ4v) is 3.46. The molecule has 2 rings (SSSR count). The third kappa shape index (κ3) is 3.42. The van der Waals surface area contributed by atoms with Gasteiger partial charge in [-0.05, 0) is 30.5 Å². The predicted molar refractivity (Wildman–Crippen MR) is 68.7 cm³/mol. The highest BCUT2D eigenvalue weighted by atomic mass is 35.5. The molecule has 2 heteroatoms. The number of rotatable bonds is 3. The number of benzene rings is 1. The van der Waals surface area contributed by atoms with Gasteiger partial charge in [-0.2, -0.15) is 0 Å². The molecule has 1 aliphatic rings. The van der Waals surface area contributed by atoms with Gasteiger partial charge in [0.25, 0.3) is 0 Å². The van der Waals surface area contributed by atoms with Crippen LogP contribution >= 0.6 is 23.4 Å². The van der Waals surface area contributed by atoms with Crippen LogP contribution in [-0.4, -0.2) is 5.25 Å². The fraction of sp³-hybridized carbons (Fsp3) is 0.538. The van der Waals surface area contributed by atoms with E-state index in [0.29, 0.717) is 5.88 Å². The van der Waals surface area contributed by atoms with E-state index in [1.807, 2.05) is 11.8 Å². The number of hydrogen-bond donors (Lipinski definition) is 0. The van der Waals surface area contributed by atoms with E-state index in [0.717, 1.165) is 5.25 Å². The average Bonchev–Trinajstić information content (AvgIpc) is 2.31. The Labute approximate surface area is 101 Å². The lowest BCUT2D eigenvalue weighted by Gasteiger charge is -2.20. The molecule has 82 valence electrons. The first-order valence-electron chi connectivity index (χ1n) is 5.70. The highest BCUT2D eigenvalue weighted by Gasteiger charge is 2.14. The van der Waals surface area contributed by atoms with Crippen LogP contribution in [0.2, 0.25) is 0 Å². The first-order chi connectivity index (χ1) is 7.38. The van der Waals surface area contributed by atoms with E-state index >= 15 is 0 Å². The minimum atomic E-state index is 0.619. The number of thioether (sulfide) groups is 1. The van der Waals surface area contributed by atoms with Crippen molar-refractivity contribution in [3.63, 3.8) is 0 Å². The van der Waals surface area contributed by atoms with Crippen LogP contribution in [0.1, 0.15) is 37.7 Å². The van der Waals surface area contributed by atoms with Gasteiger partial charge < -0.3 is 0 Å². The molecule has 1 fully saturated rings. The summed E-state index contributed by atoms with van der Waals surface area (Å²) < 4.78 is 0. The van der Waals surface area contributed by atoms with E-state index in [4.69, 9.17) is 11.6 Å². The van der Waals surface area contributed by atoms with Gasteiger partial charge in [-0.1, -0.05) is 31.4 Å². The number of halogens is 1. The molecule has 0 amide bonds. The highest BCUT2D eigenvalue weighted by molar-refractivity contribution is 8.00. The van der Waals surface area contributed by atoms with Crippen LogP contribution in [0.4, 0.5) is 0 Å². The van der Waals surface area contributed by atoms with Gasteiger partial charge in [-0.25, -0.2) is 0 Å². The summed E-state index contributed by atoms with van der Waals surface area (Å²) in [5.74, 6) is 0.619. The van der Waals surface area contributed by atoms with Crippen molar-refractivity contribution in [3.8, 4) is 0 Å². The molecule has 0 spiro atoms. The van der Waals surface area contributed by atoms with E-state index in [1.54, 1.807) is 0 Å². The second-order valence-electron chi connectivity index (χ2n) is 4.16. The summed E-state index contributed by atoms with van der Waals surface area (Å²) in [6, 6.07) is 8.68. The maximum Gasteiger partial charge on any atom is 0.0474 e. The second kappa shape index (κ2) is 5.81. The summed E-state index contributed by atoms with van der Waals surface area (Å²) in [5.41, 5.74) is 1.21. The SMILES string of the molecule is ClCc1ccc(SC2CCCCC2)cc1. The van der Waals surface area contributed by atoms with Crippen molar-refractivity contribution < 1.29 is 0 Å². The van der Waals surface area contributed by atoms with E-state index < -0.39 is 0 Å². The summed E-state index contributed by atoms with van der Waals surface area (Å²) in [4.78, 5) is 1.40. The normalized spacial score (nSPS) is 17.9. The van der Waals surface area contributed by atoms with Gasteiger partial charge >= 0.3 is 0 Å². The van der Waals surface area contributed by atoms with Gasteiger partial charge in [-0.15, -0.1) is 23.4 Å². The Kier molecular flexibility index (Phi) is 4.40. The summed E-state index contributed by atoms with van der Waals surface area (Å²) in [6.45, 7) is 0. The largest absolute Gasteiger partial charge is 0.123 e. The molecule has 1 saturated carbocycles. The Morgan fingerprint density at radius 2 is 1.73 bits per heavy atom. The van der Waals surface area contributed by atoms with Crippen LogP contribution in [0, 0.1) is 0 Å². The maximum atomic E-state index is 5.76. The van der Waals surface area contributed by atoms with Crippen molar-refractivity contribution in [2.75, 3.05) is 0 Å². The van der Waals surface area contributed by atoms with Gasteiger partial charge in [0.05, 0.1) is 0 Å². The standard InChI is InChI=1S/C13H17ClS/c14-10-11-6-8-13(9-7-11)15-12-4-2-1-3-5-12/h6-9,12H,1-5,10H2. The average molecular weight is 241 g/mol. The van der Waals surface area contributed by atoms with Crippen molar-refractivity contribution in [1.82, 2.24) is 0 Å². The summed E-state index contributed by atoms with van der Waals surface area (Å²) in [6.07, 6.45) is 7.04. The molecule has 1 aliphatic carbocycles. The minimum Gasteiger partial charge on any atom is -0.123 e. The van der Waals surface area contributed by atoms with Crippen molar-refractivity contribution in [2.24, 2.45) is 0 Å². The summed E-state index contributed by atoms with van der Waals surface area (Å²) in [5, 5.41) is 0.848.